The molecule has 3 heteroatoms. The molecule has 3 fully saturated rings. The zero-order valence-corrected chi connectivity index (χ0v) is 11.0. The van der Waals surface area contributed by atoms with Crippen molar-refractivity contribution in [2.45, 2.75) is 62.6 Å². The Kier molecular flexibility index (Phi) is 3.18. The first-order valence-corrected chi connectivity index (χ1v) is 7.29. The Hall–Kier alpha value is -0.120. The van der Waals surface area contributed by atoms with Crippen LogP contribution in [0.25, 0.3) is 0 Å². The zero-order valence-electron chi connectivity index (χ0n) is 11.0. The molecule has 3 aliphatic carbocycles. The van der Waals surface area contributed by atoms with Gasteiger partial charge >= 0.3 is 0 Å². The topological polar surface area (TPSA) is 35.5 Å². The van der Waals surface area contributed by atoms with E-state index in [0.717, 1.165) is 18.8 Å². The van der Waals surface area contributed by atoms with Crippen LogP contribution in [0.4, 0.5) is 0 Å². The van der Waals surface area contributed by atoms with Gasteiger partial charge in [0.05, 0.1) is 6.61 Å². The molecule has 3 rings (SSSR count). The average molecular weight is 238 g/mol. The molecule has 0 heterocycles. The predicted molar refractivity (Wildman–Crippen MR) is 69.0 cm³/mol. The van der Waals surface area contributed by atoms with E-state index >= 15 is 0 Å². The second-order valence-corrected chi connectivity index (χ2v) is 6.64. The van der Waals surface area contributed by atoms with Crippen molar-refractivity contribution in [3.05, 3.63) is 0 Å². The Morgan fingerprint density at radius 3 is 2.59 bits per heavy atom. The van der Waals surface area contributed by atoms with Gasteiger partial charge in [-0.1, -0.05) is 0 Å². The predicted octanol–water partition coefficient (Wildman–Crippen LogP) is 1.36. The number of rotatable bonds is 6. The minimum absolute atomic E-state index is 0.0453. The summed E-state index contributed by atoms with van der Waals surface area (Å²) in [5.74, 6) is 0.973. The molecule has 0 aliphatic heterocycles. The molecule has 3 aliphatic rings. The van der Waals surface area contributed by atoms with E-state index in [2.05, 4.69) is 17.3 Å². The van der Waals surface area contributed by atoms with Gasteiger partial charge < -0.3 is 15.3 Å². The smallest absolute Gasteiger partial charge is 0.0614 e. The minimum atomic E-state index is 0.0453. The van der Waals surface area contributed by atoms with Crippen molar-refractivity contribution in [1.82, 2.24) is 10.2 Å². The molecule has 2 atom stereocenters. The van der Waals surface area contributed by atoms with Gasteiger partial charge in [-0.25, -0.2) is 0 Å². The number of nitrogens with zero attached hydrogens (tertiary/aromatic N) is 1. The molecule has 0 aromatic rings. The maximum atomic E-state index is 9.71. The molecule has 17 heavy (non-hydrogen) atoms. The highest BCUT2D eigenvalue weighted by atomic mass is 16.3. The molecule has 0 saturated heterocycles. The second kappa shape index (κ2) is 4.52. The van der Waals surface area contributed by atoms with Gasteiger partial charge in [-0.15, -0.1) is 0 Å². The van der Waals surface area contributed by atoms with Gasteiger partial charge in [-0.2, -0.15) is 0 Å². The number of hydrogen-bond acceptors (Lipinski definition) is 3. The first-order chi connectivity index (χ1) is 8.21. The summed E-state index contributed by atoms with van der Waals surface area (Å²) in [5, 5.41) is 13.4. The summed E-state index contributed by atoms with van der Waals surface area (Å²) in [6, 6.07) is 1.39. The lowest BCUT2D eigenvalue weighted by atomic mass is 9.98. The van der Waals surface area contributed by atoms with Gasteiger partial charge in [-0.05, 0) is 57.9 Å². The molecule has 3 nitrogen and oxygen atoms in total. The number of aliphatic hydroxyl groups is 1. The molecule has 2 N–H and O–H groups in total. The Morgan fingerprint density at radius 2 is 2.00 bits per heavy atom. The maximum Gasteiger partial charge on any atom is 0.0614 e. The molecule has 0 aromatic carbocycles. The number of nitrogens with one attached hydrogen (secondary N) is 1. The van der Waals surface area contributed by atoms with Gasteiger partial charge in [0.2, 0.25) is 0 Å². The fourth-order valence-corrected chi connectivity index (χ4v) is 3.31. The third-order valence-corrected chi connectivity index (χ3v) is 4.84. The van der Waals surface area contributed by atoms with Crippen LogP contribution in [0.15, 0.2) is 0 Å². The van der Waals surface area contributed by atoms with E-state index < -0.39 is 0 Å². The van der Waals surface area contributed by atoms with Crippen LogP contribution in [0.5, 0.6) is 0 Å². The third-order valence-electron chi connectivity index (χ3n) is 4.84. The van der Waals surface area contributed by atoms with Crippen molar-refractivity contribution in [2.75, 3.05) is 20.2 Å². The van der Waals surface area contributed by atoms with Crippen LogP contribution in [0.2, 0.25) is 0 Å². The Bertz CT molecular complexity index is 275. The lowest BCUT2D eigenvalue weighted by Crippen LogP contribution is -2.48. The summed E-state index contributed by atoms with van der Waals surface area (Å²) in [4.78, 5) is 2.55. The van der Waals surface area contributed by atoms with Crippen molar-refractivity contribution >= 4 is 0 Å². The van der Waals surface area contributed by atoms with Crippen LogP contribution in [-0.4, -0.2) is 47.8 Å². The fourth-order valence-electron chi connectivity index (χ4n) is 3.31. The fraction of sp³-hybridized carbons (Fsp3) is 1.00. The van der Waals surface area contributed by atoms with Crippen LogP contribution in [0.1, 0.15) is 44.9 Å². The summed E-state index contributed by atoms with van der Waals surface area (Å²) in [5.41, 5.74) is 0.0453. The van der Waals surface area contributed by atoms with E-state index in [1.54, 1.807) is 0 Å². The van der Waals surface area contributed by atoms with E-state index in [0.29, 0.717) is 18.7 Å². The normalized spacial score (nSPS) is 37.9. The van der Waals surface area contributed by atoms with Gasteiger partial charge in [0, 0.05) is 24.2 Å². The first-order valence-electron chi connectivity index (χ1n) is 7.29. The molecule has 2 unspecified atom stereocenters. The number of hydrogen-bond donors (Lipinski definition) is 2. The molecule has 0 amide bonds. The van der Waals surface area contributed by atoms with E-state index in [-0.39, 0.29) is 5.54 Å². The van der Waals surface area contributed by atoms with Crippen LogP contribution >= 0.6 is 0 Å². The monoisotopic (exact) mass is 238 g/mol. The third kappa shape index (κ3) is 2.83. The molecule has 98 valence electrons. The van der Waals surface area contributed by atoms with Crippen LogP contribution in [0.3, 0.4) is 0 Å². The molecule has 0 aromatic heterocycles. The van der Waals surface area contributed by atoms with Crippen LogP contribution in [0, 0.1) is 5.92 Å². The van der Waals surface area contributed by atoms with Crippen molar-refractivity contribution in [3.8, 4) is 0 Å². The van der Waals surface area contributed by atoms with Crippen molar-refractivity contribution in [1.29, 1.82) is 0 Å². The standard InChI is InChI=1S/C14H26N2O/c1-16(9-11-2-3-11)13-6-7-14(8-13,10-17)15-12-4-5-12/h11-13,15,17H,2-10H2,1H3. The SMILES string of the molecule is CN(CC1CC1)C1CCC(CO)(NC2CC2)C1. The molecule has 3 saturated carbocycles. The Morgan fingerprint density at radius 1 is 1.24 bits per heavy atom. The largest absolute Gasteiger partial charge is 0.394 e. The zero-order chi connectivity index (χ0) is 11.9. The molecule has 0 radical (unpaired) electrons. The van der Waals surface area contributed by atoms with E-state index in [1.165, 1.54) is 38.6 Å². The first kappa shape index (κ1) is 11.9. The summed E-state index contributed by atoms with van der Waals surface area (Å²) in [6.07, 6.45) is 9.03. The molecule has 0 bridgehead atoms. The summed E-state index contributed by atoms with van der Waals surface area (Å²) < 4.78 is 0. The van der Waals surface area contributed by atoms with Gasteiger partial charge in [0.1, 0.15) is 0 Å². The Labute approximate surface area is 105 Å². The highest BCUT2D eigenvalue weighted by molar-refractivity contribution is 5.03. The van der Waals surface area contributed by atoms with Crippen molar-refractivity contribution < 1.29 is 5.11 Å². The van der Waals surface area contributed by atoms with Crippen LogP contribution in [-0.2, 0) is 0 Å². The van der Waals surface area contributed by atoms with Crippen LogP contribution < -0.4 is 5.32 Å². The van der Waals surface area contributed by atoms with E-state index in [1.807, 2.05) is 0 Å². The summed E-state index contributed by atoms with van der Waals surface area (Å²) in [6.45, 7) is 1.59. The second-order valence-electron chi connectivity index (χ2n) is 6.64. The van der Waals surface area contributed by atoms with E-state index in [9.17, 15) is 5.11 Å². The Balaban J connectivity index is 1.54. The maximum absolute atomic E-state index is 9.71. The van der Waals surface area contributed by atoms with Gasteiger partial charge in [0.15, 0.2) is 0 Å². The average Bonchev–Trinajstić information content (AvgIpc) is 3.22. The highest BCUT2D eigenvalue weighted by Crippen LogP contribution is 2.37. The summed E-state index contributed by atoms with van der Waals surface area (Å²) in [7, 11) is 2.27. The van der Waals surface area contributed by atoms with Gasteiger partial charge in [0.25, 0.3) is 0 Å². The van der Waals surface area contributed by atoms with E-state index in [4.69, 9.17) is 0 Å². The minimum Gasteiger partial charge on any atom is -0.394 e. The quantitative estimate of drug-likeness (QED) is 0.733. The lowest BCUT2D eigenvalue weighted by Gasteiger charge is -2.31. The van der Waals surface area contributed by atoms with Crippen molar-refractivity contribution in [3.63, 3.8) is 0 Å². The van der Waals surface area contributed by atoms with Crippen molar-refractivity contribution in [2.24, 2.45) is 5.92 Å². The lowest BCUT2D eigenvalue weighted by molar-refractivity contribution is 0.147. The van der Waals surface area contributed by atoms with Gasteiger partial charge in [-0.3, -0.25) is 0 Å². The molecule has 0 spiro atoms. The number of aliphatic hydroxyl groups excluding tert-OH is 1. The molecular formula is C14H26N2O. The molecular weight excluding hydrogens is 212 g/mol. The highest BCUT2D eigenvalue weighted by Gasteiger charge is 2.43. The summed E-state index contributed by atoms with van der Waals surface area (Å²) >= 11 is 0.